The van der Waals surface area contributed by atoms with Crippen molar-refractivity contribution in [2.24, 2.45) is 0 Å². The van der Waals surface area contributed by atoms with E-state index in [0.29, 0.717) is 0 Å². The zero-order valence-corrected chi connectivity index (χ0v) is 7.74. The molecule has 0 aliphatic rings. The van der Waals surface area contributed by atoms with E-state index in [0.717, 1.165) is 0 Å². The van der Waals surface area contributed by atoms with Crippen LogP contribution in [0.15, 0.2) is 0 Å². The molecule has 61 valence electrons. The van der Waals surface area contributed by atoms with E-state index in [1.54, 1.807) is 0 Å². The molecule has 0 aromatic carbocycles. The molecule has 2 N–H and O–H groups in total. The van der Waals surface area contributed by atoms with Crippen molar-refractivity contribution in [2.75, 3.05) is 0 Å². The standard InChI is InChI=1S/Al.Co.Mg.Ni.H2O4S.5H/c;;;;1-5(2,3)4;;;;;/h;;;;(H2,1,2,3,4);;;;;/q;;+2;;;;;;2*-1. The number of hydrogen-bond acceptors (Lipinski definition) is 2. The Morgan fingerprint density at radius 2 is 1.22 bits per heavy atom. The third-order valence-electron chi connectivity index (χ3n) is 0. The van der Waals surface area contributed by atoms with Gasteiger partial charge in [0, 0.05) is 33.3 Å². The van der Waals surface area contributed by atoms with Crippen LogP contribution in [-0.2, 0) is 43.7 Å². The predicted octanol–water partition coefficient (Wildman–Crippen LogP) is -2.00. The van der Waals surface area contributed by atoms with Crippen molar-refractivity contribution >= 4 is 50.8 Å². The summed E-state index contributed by atoms with van der Waals surface area (Å²) >= 11 is 0. The second-order valence-electron chi connectivity index (χ2n) is 0.448. The smallest absolute Gasteiger partial charge is 1.00 e. The van der Waals surface area contributed by atoms with E-state index in [4.69, 9.17) is 17.5 Å². The Kier molecular flexibility index (Phi) is 43.2. The summed E-state index contributed by atoms with van der Waals surface area (Å²) in [6.07, 6.45) is 0. The van der Waals surface area contributed by atoms with Crippen LogP contribution in [0.5, 0.6) is 0 Å². The topological polar surface area (TPSA) is 74.6 Å². The average Bonchev–Trinajstić information content (AvgIpc) is 0.722. The van der Waals surface area contributed by atoms with E-state index in [1.807, 2.05) is 0 Å². The van der Waals surface area contributed by atoms with Gasteiger partial charge in [-0.25, -0.2) is 0 Å². The Morgan fingerprint density at radius 3 is 1.22 bits per heavy atom. The summed E-state index contributed by atoms with van der Waals surface area (Å²) in [5.74, 6) is 0. The molecule has 0 bridgehead atoms. The predicted molar refractivity (Wildman–Crippen MR) is 32.1 cm³/mol. The first-order valence-electron chi connectivity index (χ1n) is 0.698. The molecule has 0 amide bonds. The first-order valence-corrected chi connectivity index (χ1v) is 2.10. The Bertz CT molecular complexity index is 111. The minimum atomic E-state index is -4.67. The summed E-state index contributed by atoms with van der Waals surface area (Å²) in [6.45, 7) is 0. The monoisotopic (exact) mass is 271 g/mol. The first kappa shape index (κ1) is 30.3. The quantitative estimate of drug-likeness (QED) is 0.395. The van der Waals surface area contributed by atoms with Gasteiger partial charge in [0.1, 0.15) is 0 Å². The average molecular weight is 272 g/mol. The van der Waals surface area contributed by atoms with Crippen LogP contribution in [0.1, 0.15) is 2.85 Å². The van der Waals surface area contributed by atoms with Gasteiger partial charge in [0.15, 0.2) is 17.4 Å². The molecule has 9 heteroatoms. The van der Waals surface area contributed by atoms with Gasteiger partial charge in [-0.2, -0.15) is 8.42 Å². The first-order chi connectivity index (χ1) is 2.00. The molecule has 0 atom stereocenters. The van der Waals surface area contributed by atoms with Gasteiger partial charge in [-0.05, 0) is 0 Å². The maximum atomic E-state index is 8.74. The summed E-state index contributed by atoms with van der Waals surface area (Å²) in [5.41, 5.74) is 0. The fourth-order valence-electron chi connectivity index (χ4n) is 0. The molecule has 0 saturated carbocycles. The molecule has 0 unspecified atom stereocenters. The Balaban J connectivity index is -0.00000000533. The van der Waals surface area contributed by atoms with E-state index >= 15 is 0 Å². The Hall–Kier alpha value is 2.17. The largest absolute Gasteiger partial charge is 2.00 e. The van der Waals surface area contributed by atoms with Crippen molar-refractivity contribution in [3.8, 4) is 0 Å². The maximum absolute atomic E-state index is 8.74. The van der Waals surface area contributed by atoms with Gasteiger partial charge in [-0.1, -0.05) is 0 Å². The van der Waals surface area contributed by atoms with E-state index in [9.17, 15) is 0 Å². The number of rotatable bonds is 0. The third kappa shape index (κ3) is 144. The van der Waals surface area contributed by atoms with Crippen molar-refractivity contribution in [1.29, 1.82) is 0 Å². The molecular formula is H7AlCoMgNiO4S. The van der Waals surface area contributed by atoms with Crippen LogP contribution in [0, 0.1) is 0 Å². The minimum Gasteiger partial charge on any atom is -1.00 e. The molecule has 0 aliphatic heterocycles. The third-order valence-corrected chi connectivity index (χ3v) is 0. The fourth-order valence-corrected chi connectivity index (χ4v) is 0. The molecule has 0 heterocycles. The zero-order valence-electron chi connectivity index (χ0n) is 5.48. The van der Waals surface area contributed by atoms with Gasteiger partial charge >= 0.3 is 33.5 Å². The molecule has 0 fully saturated rings. The summed E-state index contributed by atoms with van der Waals surface area (Å²) in [5, 5.41) is 0. The van der Waals surface area contributed by atoms with Crippen molar-refractivity contribution in [2.45, 2.75) is 0 Å². The maximum Gasteiger partial charge on any atom is 2.00 e. The summed E-state index contributed by atoms with van der Waals surface area (Å²) in [7, 11) is -4.67. The van der Waals surface area contributed by atoms with E-state index in [1.165, 1.54) is 0 Å². The van der Waals surface area contributed by atoms with Crippen molar-refractivity contribution in [3.63, 3.8) is 0 Å². The van der Waals surface area contributed by atoms with Crippen molar-refractivity contribution in [3.05, 3.63) is 0 Å². The minimum absolute atomic E-state index is 0. The second kappa shape index (κ2) is 12.8. The molecular weight excluding hydrogens is 265 g/mol. The SMILES string of the molecule is O=S(=O)(O)O.[AlH3].[Co].[H-].[H-].[Mg+2].[Ni]. The summed E-state index contributed by atoms with van der Waals surface area (Å²) < 4.78 is 31.6. The molecule has 0 spiro atoms. The van der Waals surface area contributed by atoms with Crippen LogP contribution in [0.4, 0.5) is 0 Å². The van der Waals surface area contributed by atoms with E-state index in [2.05, 4.69) is 0 Å². The van der Waals surface area contributed by atoms with Crippen LogP contribution in [0.25, 0.3) is 0 Å². The molecule has 0 aromatic rings. The second-order valence-corrected chi connectivity index (χ2v) is 1.34. The van der Waals surface area contributed by atoms with Crippen molar-refractivity contribution < 1.29 is 53.6 Å². The van der Waals surface area contributed by atoms with Gasteiger partial charge in [0.2, 0.25) is 0 Å². The zero-order chi connectivity index (χ0) is 4.50. The van der Waals surface area contributed by atoms with Crippen LogP contribution in [-0.4, -0.2) is 57.9 Å². The van der Waals surface area contributed by atoms with Crippen LogP contribution in [0.2, 0.25) is 0 Å². The Labute approximate surface area is 103 Å². The molecule has 0 rings (SSSR count). The van der Waals surface area contributed by atoms with Crippen LogP contribution >= 0.6 is 0 Å². The van der Waals surface area contributed by atoms with Gasteiger partial charge < -0.3 is 2.85 Å². The number of hydrogen-bond donors (Lipinski definition) is 2. The molecule has 4 nitrogen and oxygen atoms in total. The van der Waals surface area contributed by atoms with E-state index < -0.39 is 10.4 Å². The van der Waals surface area contributed by atoms with Gasteiger partial charge in [0.25, 0.3) is 0 Å². The molecule has 0 aliphatic carbocycles. The Morgan fingerprint density at radius 1 is 1.22 bits per heavy atom. The summed E-state index contributed by atoms with van der Waals surface area (Å²) in [4.78, 5) is 0. The van der Waals surface area contributed by atoms with Crippen molar-refractivity contribution in [1.82, 2.24) is 0 Å². The molecule has 0 aromatic heterocycles. The van der Waals surface area contributed by atoms with E-state index in [-0.39, 0.29) is 76.5 Å². The normalized spacial score (nSPS) is 6.44. The molecule has 0 saturated heterocycles. The van der Waals surface area contributed by atoms with Crippen LogP contribution < -0.4 is 0 Å². The summed E-state index contributed by atoms with van der Waals surface area (Å²) in [6, 6.07) is 0. The van der Waals surface area contributed by atoms with Gasteiger partial charge in [0.05, 0.1) is 0 Å². The fraction of sp³-hybridized carbons (Fsp3) is 0. The van der Waals surface area contributed by atoms with Crippen LogP contribution in [0.3, 0.4) is 0 Å². The molecule has 1 radical (unpaired) electrons. The van der Waals surface area contributed by atoms with Gasteiger partial charge in [-0.3, -0.25) is 9.11 Å². The van der Waals surface area contributed by atoms with Gasteiger partial charge in [-0.15, -0.1) is 0 Å². The molecule has 9 heavy (non-hydrogen) atoms.